The third kappa shape index (κ3) is 2.19. The first-order chi connectivity index (χ1) is 9.32. The van der Waals surface area contributed by atoms with Crippen molar-refractivity contribution in [3.8, 4) is 0 Å². The molecule has 8 heteroatoms. The molecule has 114 valence electrons. The number of likely N-dealkylation sites (tertiary alicyclic amines) is 1. The van der Waals surface area contributed by atoms with E-state index in [1.54, 1.807) is 4.90 Å². The summed E-state index contributed by atoms with van der Waals surface area (Å²) in [7, 11) is -3.30. The van der Waals surface area contributed by atoms with Gasteiger partial charge in [0, 0.05) is 19.6 Å². The van der Waals surface area contributed by atoms with Gasteiger partial charge in [-0.05, 0) is 12.3 Å². The molecule has 0 saturated carbocycles. The van der Waals surface area contributed by atoms with Gasteiger partial charge in [-0.15, -0.1) is 0 Å². The summed E-state index contributed by atoms with van der Waals surface area (Å²) in [5.74, 6) is 0.385. The molecule has 0 radical (unpaired) electrons. The lowest BCUT2D eigenvalue weighted by Gasteiger charge is -2.39. The van der Waals surface area contributed by atoms with E-state index in [1.807, 2.05) is 13.8 Å². The Kier molecular flexibility index (Phi) is 3.22. The minimum Gasteiger partial charge on any atom is -0.365 e. The van der Waals surface area contributed by atoms with Crippen LogP contribution in [-0.4, -0.2) is 62.5 Å². The maximum absolute atomic E-state index is 12.2. The van der Waals surface area contributed by atoms with Gasteiger partial charge in [-0.2, -0.15) is 0 Å². The van der Waals surface area contributed by atoms with Gasteiger partial charge < -0.3 is 15.0 Å². The zero-order valence-corrected chi connectivity index (χ0v) is 12.6. The van der Waals surface area contributed by atoms with Gasteiger partial charge >= 0.3 is 6.03 Å². The maximum Gasteiger partial charge on any atom is 0.317 e. The SMILES string of the molecule is CC(C)CNC(=O)N1C[C@H]2C[C@H]3[C@@](CNS3(=O)=O)(C1)O2. The Bertz CT molecular complexity index is 521. The Morgan fingerprint density at radius 3 is 3.00 bits per heavy atom. The number of hydrogen-bond donors (Lipinski definition) is 2. The molecule has 2 bridgehead atoms. The number of ether oxygens (including phenoxy) is 1. The third-order valence-corrected chi connectivity index (χ3v) is 6.16. The number of fused-ring (bicyclic) bond motifs is 1. The highest BCUT2D eigenvalue weighted by atomic mass is 32.2. The van der Waals surface area contributed by atoms with Crippen molar-refractivity contribution >= 4 is 16.1 Å². The quantitative estimate of drug-likeness (QED) is 0.720. The number of amides is 2. The molecule has 0 aromatic carbocycles. The Hall–Kier alpha value is -0.860. The van der Waals surface area contributed by atoms with E-state index in [4.69, 9.17) is 4.74 Å². The van der Waals surface area contributed by atoms with Crippen molar-refractivity contribution in [2.24, 2.45) is 5.92 Å². The summed E-state index contributed by atoms with van der Waals surface area (Å²) < 4.78 is 32.4. The van der Waals surface area contributed by atoms with Crippen LogP contribution in [-0.2, 0) is 14.8 Å². The van der Waals surface area contributed by atoms with Crippen LogP contribution >= 0.6 is 0 Å². The highest BCUT2D eigenvalue weighted by Crippen LogP contribution is 2.42. The van der Waals surface area contributed by atoms with E-state index in [9.17, 15) is 13.2 Å². The number of sulfonamides is 1. The van der Waals surface area contributed by atoms with Crippen molar-refractivity contribution in [1.29, 1.82) is 0 Å². The summed E-state index contributed by atoms with van der Waals surface area (Å²) in [5.41, 5.74) is -0.753. The normalized spacial score (nSPS) is 38.0. The Labute approximate surface area is 119 Å². The Balaban J connectivity index is 1.73. The van der Waals surface area contributed by atoms with Crippen molar-refractivity contribution in [1.82, 2.24) is 14.9 Å². The molecule has 3 atom stereocenters. The van der Waals surface area contributed by atoms with Gasteiger partial charge in [-0.25, -0.2) is 17.9 Å². The van der Waals surface area contributed by atoms with Crippen molar-refractivity contribution < 1.29 is 17.9 Å². The molecule has 3 fully saturated rings. The molecule has 7 nitrogen and oxygen atoms in total. The first kappa shape index (κ1) is 14.1. The zero-order valence-electron chi connectivity index (χ0n) is 11.8. The lowest BCUT2D eigenvalue weighted by molar-refractivity contribution is -0.0881. The Morgan fingerprint density at radius 2 is 2.30 bits per heavy atom. The van der Waals surface area contributed by atoms with E-state index < -0.39 is 20.9 Å². The summed E-state index contributed by atoms with van der Waals surface area (Å²) in [6.07, 6.45) is 0.305. The molecule has 0 unspecified atom stereocenters. The second kappa shape index (κ2) is 4.57. The lowest BCUT2D eigenvalue weighted by atomic mass is 10.00. The number of carbonyl (C=O) groups excluding carboxylic acids is 1. The van der Waals surface area contributed by atoms with Gasteiger partial charge in [0.15, 0.2) is 0 Å². The molecule has 2 amide bonds. The fourth-order valence-corrected chi connectivity index (χ4v) is 5.19. The summed E-state index contributed by atoms with van der Waals surface area (Å²) in [6, 6.07) is -0.128. The number of rotatable bonds is 2. The van der Waals surface area contributed by atoms with E-state index in [2.05, 4.69) is 10.0 Å². The molecule has 20 heavy (non-hydrogen) atoms. The topological polar surface area (TPSA) is 87.7 Å². The molecule has 3 saturated heterocycles. The molecule has 0 aromatic heterocycles. The van der Waals surface area contributed by atoms with Crippen LogP contribution in [0.2, 0.25) is 0 Å². The summed E-state index contributed by atoms with van der Waals surface area (Å²) in [6.45, 7) is 5.76. The second-order valence-electron chi connectivity index (χ2n) is 6.36. The van der Waals surface area contributed by atoms with E-state index in [0.29, 0.717) is 32.0 Å². The predicted molar refractivity (Wildman–Crippen MR) is 72.7 cm³/mol. The minimum atomic E-state index is -3.30. The molecule has 3 heterocycles. The second-order valence-corrected chi connectivity index (χ2v) is 8.30. The third-order valence-electron chi connectivity index (χ3n) is 4.24. The largest absolute Gasteiger partial charge is 0.365 e. The Morgan fingerprint density at radius 1 is 1.55 bits per heavy atom. The van der Waals surface area contributed by atoms with E-state index in [-0.39, 0.29) is 18.7 Å². The van der Waals surface area contributed by atoms with Gasteiger partial charge in [-0.1, -0.05) is 13.8 Å². The number of carbonyl (C=O) groups is 1. The van der Waals surface area contributed by atoms with E-state index in [1.165, 1.54) is 0 Å². The number of morpholine rings is 1. The van der Waals surface area contributed by atoms with Gasteiger partial charge in [0.05, 0.1) is 12.6 Å². The smallest absolute Gasteiger partial charge is 0.317 e. The summed E-state index contributed by atoms with van der Waals surface area (Å²) in [4.78, 5) is 13.9. The fourth-order valence-electron chi connectivity index (χ4n) is 3.30. The standard InChI is InChI=1S/C12H21N3O4S/c1-8(2)4-13-11(16)15-5-9-3-10-12(7-15,19-9)6-14-20(10,17)18/h8-10,14H,3-7H2,1-2H3,(H,13,16)/t9-,10+,12-/m1/s1. The number of hydrogen-bond acceptors (Lipinski definition) is 4. The van der Waals surface area contributed by atoms with Crippen LogP contribution in [0.25, 0.3) is 0 Å². The van der Waals surface area contributed by atoms with Gasteiger partial charge in [0.1, 0.15) is 10.9 Å². The number of urea groups is 1. The van der Waals surface area contributed by atoms with Gasteiger partial charge in [0.2, 0.25) is 10.0 Å². The van der Waals surface area contributed by atoms with Crippen LogP contribution in [0, 0.1) is 5.92 Å². The average Bonchev–Trinajstić information content (AvgIpc) is 2.77. The van der Waals surface area contributed by atoms with Crippen LogP contribution in [0.1, 0.15) is 20.3 Å². The average molecular weight is 303 g/mol. The molecular formula is C12H21N3O4S. The minimum absolute atomic E-state index is 0.128. The van der Waals surface area contributed by atoms with Crippen molar-refractivity contribution in [2.45, 2.75) is 37.2 Å². The van der Waals surface area contributed by atoms with Crippen molar-refractivity contribution in [3.63, 3.8) is 0 Å². The van der Waals surface area contributed by atoms with Crippen LogP contribution in [0.5, 0.6) is 0 Å². The number of nitrogens with one attached hydrogen (secondary N) is 2. The van der Waals surface area contributed by atoms with Crippen LogP contribution in [0.3, 0.4) is 0 Å². The van der Waals surface area contributed by atoms with Gasteiger partial charge in [0.25, 0.3) is 0 Å². The fraction of sp³-hybridized carbons (Fsp3) is 0.917. The lowest BCUT2D eigenvalue weighted by Crippen LogP contribution is -2.58. The molecule has 0 aliphatic carbocycles. The van der Waals surface area contributed by atoms with Crippen LogP contribution < -0.4 is 10.0 Å². The monoisotopic (exact) mass is 303 g/mol. The molecule has 3 aliphatic rings. The zero-order chi connectivity index (χ0) is 14.5. The first-order valence-corrected chi connectivity index (χ1v) is 8.56. The maximum atomic E-state index is 12.2. The molecular weight excluding hydrogens is 282 g/mol. The number of nitrogens with zero attached hydrogens (tertiary/aromatic N) is 1. The van der Waals surface area contributed by atoms with Crippen molar-refractivity contribution in [3.05, 3.63) is 0 Å². The van der Waals surface area contributed by atoms with E-state index >= 15 is 0 Å². The molecule has 3 rings (SSSR count). The van der Waals surface area contributed by atoms with Crippen LogP contribution in [0.15, 0.2) is 0 Å². The van der Waals surface area contributed by atoms with Crippen LogP contribution in [0.4, 0.5) is 4.79 Å². The highest BCUT2D eigenvalue weighted by Gasteiger charge is 2.62. The predicted octanol–water partition coefficient (Wildman–Crippen LogP) is -0.503. The van der Waals surface area contributed by atoms with Gasteiger partial charge in [-0.3, -0.25) is 0 Å². The first-order valence-electron chi connectivity index (χ1n) is 7.01. The summed E-state index contributed by atoms with van der Waals surface area (Å²) in [5, 5.41) is 2.35. The summed E-state index contributed by atoms with van der Waals surface area (Å²) >= 11 is 0. The van der Waals surface area contributed by atoms with Crippen molar-refractivity contribution in [2.75, 3.05) is 26.2 Å². The molecule has 1 spiro atoms. The molecule has 3 aliphatic heterocycles. The molecule has 2 N–H and O–H groups in total. The highest BCUT2D eigenvalue weighted by molar-refractivity contribution is 7.90. The molecule has 0 aromatic rings. The van der Waals surface area contributed by atoms with E-state index in [0.717, 1.165) is 0 Å².